The topological polar surface area (TPSA) is 58.4 Å². The number of amides is 1. The van der Waals surface area contributed by atoms with E-state index in [1.165, 1.54) is 16.8 Å². The summed E-state index contributed by atoms with van der Waals surface area (Å²) in [5.41, 5.74) is 6.75. The molecule has 0 unspecified atom stereocenters. The minimum Gasteiger partial charge on any atom is -0.370 e. The summed E-state index contributed by atoms with van der Waals surface area (Å²) in [6, 6.07) is 16.5. The molecular formula is C17H21N3O. The number of nitrogens with zero attached hydrogens (tertiary/aromatic N) is 1. The maximum absolute atomic E-state index is 11.2. The smallest absolute Gasteiger partial charge is 0.238 e. The summed E-state index contributed by atoms with van der Waals surface area (Å²) in [6.45, 7) is 2.91. The highest BCUT2D eigenvalue weighted by Gasteiger charge is 2.04. The first kappa shape index (κ1) is 15.1. The molecule has 0 radical (unpaired) electrons. The first-order valence-corrected chi connectivity index (χ1v) is 6.93. The van der Waals surface area contributed by atoms with Crippen molar-refractivity contribution in [3.05, 3.63) is 65.2 Å². The number of carbonyl (C=O) groups excluding carboxylic acids is 1. The normalized spacial score (nSPS) is 10.2. The molecule has 0 saturated heterocycles. The Bertz CT molecular complexity index is 590. The molecule has 0 heterocycles. The second-order valence-corrected chi connectivity index (χ2v) is 5.25. The molecule has 4 heteroatoms. The van der Waals surface area contributed by atoms with E-state index in [1.807, 2.05) is 24.3 Å². The van der Waals surface area contributed by atoms with Gasteiger partial charge in [-0.1, -0.05) is 42.0 Å². The third kappa shape index (κ3) is 4.33. The van der Waals surface area contributed by atoms with Crippen LogP contribution in [0.2, 0.25) is 0 Å². The summed E-state index contributed by atoms with van der Waals surface area (Å²) in [6.07, 6.45) is 0.310. The second kappa shape index (κ2) is 6.90. The number of aryl methyl sites for hydroxylation is 1. The zero-order chi connectivity index (χ0) is 15.2. The summed E-state index contributed by atoms with van der Waals surface area (Å²) < 4.78 is 0. The van der Waals surface area contributed by atoms with Gasteiger partial charge in [-0.25, -0.2) is 5.84 Å². The van der Waals surface area contributed by atoms with Crippen LogP contribution in [0, 0.1) is 6.92 Å². The van der Waals surface area contributed by atoms with Crippen molar-refractivity contribution in [2.75, 3.05) is 11.9 Å². The maximum Gasteiger partial charge on any atom is 0.238 e. The van der Waals surface area contributed by atoms with E-state index < -0.39 is 0 Å². The molecule has 0 bridgehead atoms. The van der Waals surface area contributed by atoms with Crippen LogP contribution in [0.1, 0.15) is 16.7 Å². The van der Waals surface area contributed by atoms with Crippen molar-refractivity contribution >= 4 is 11.6 Å². The molecule has 0 saturated carbocycles. The fraction of sp³-hybridized carbons (Fsp3) is 0.235. The van der Waals surface area contributed by atoms with E-state index in [0.29, 0.717) is 6.42 Å². The third-order valence-electron chi connectivity index (χ3n) is 3.44. The second-order valence-electron chi connectivity index (χ2n) is 5.25. The van der Waals surface area contributed by atoms with Gasteiger partial charge >= 0.3 is 0 Å². The van der Waals surface area contributed by atoms with Crippen molar-refractivity contribution in [1.29, 1.82) is 0 Å². The molecule has 2 aromatic carbocycles. The maximum atomic E-state index is 11.2. The molecule has 0 atom stereocenters. The Morgan fingerprint density at radius 1 is 1.05 bits per heavy atom. The van der Waals surface area contributed by atoms with Gasteiger partial charge in [0.15, 0.2) is 0 Å². The molecule has 0 aliphatic rings. The van der Waals surface area contributed by atoms with Crippen molar-refractivity contribution in [3.63, 3.8) is 0 Å². The number of nitrogens with one attached hydrogen (secondary N) is 1. The highest BCUT2D eigenvalue weighted by molar-refractivity contribution is 5.77. The minimum atomic E-state index is -0.181. The highest BCUT2D eigenvalue weighted by atomic mass is 16.2. The zero-order valence-corrected chi connectivity index (χ0v) is 12.5. The number of carbonyl (C=O) groups is 1. The van der Waals surface area contributed by atoms with Gasteiger partial charge in [-0.05, 0) is 30.2 Å². The monoisotopic (exact) mass is 283 g/mol. The van der Waals surface area contributed by atoms with Crippen molar-refractivity contribution in [3.8, 4) is 0 Å². The van der Waals surface area contributed by atoms with Gasteiger partial charge in [0.05, 0.1) is 6.42 Å². The molecule has 21 heavy (non-hydrogen) atoms. The van der Waals surface area contributed by atoms with Gasteiger partial charge in [-0.15, -0.1) is 0 Å². The quantitative estimate of drug-likeness (QED) is 0.502. The van der Waals surface area contributed by atoms with Gasteiger partial charge in [0.1, 0.15) is 0 Å². The van der Waals surface area contributed by atoms with Gasteiger partial charge in [0.2, 0.25) is 5.91 Å². The summed E-state index contributed by atoms with van der Waals surface area (Å²) in [5.74, 6) is 4.90. The third-order valence-corrected chi connectivity index (χ3v) is 3.44. The fourth-order valence-corrected chi connectivity index (χ4v) is 2.16. The van der Waals surface area contributed by atoms with Gasteiger partial charge < -0.3 is 4.90 Å². The van der Waals surface area contributed by atoms with Gasteiger partial charge in [-0.3, -0.25) is 10.2 Å². The molecule has 0 fully saturated rings. The number of hydrogen-bond donors (Lipinski definition) is 2. The number of hydrazine groups is 1. The van der Waals surface area contributed by atoms with E-state index in [0.717, 1.165) is 12.1 Å². The van der Waals surface area contributed by atoms with Gasteiger partial charge in [0.25, 0.3) is 0 Å². The Kier molecular flexibility index (Phi) is 4.95. The lowest BCUT2D eigenvalue weighted by Crippen LogP contribution is -2.31. The van der Waals surface area contributed by atoms with E-state index in [2.05, 4.69) is 48.6 Å². The van der Waals surface area contributed by atoms with Crippen molar-refractivity contribution < 1.29 is 4.79 Å². The first-order chi connectivity index (χ1) is 10.1. The SMILES string of the molecule is Cc1ccc(N(C)Cc2ccc(CC(=O)NN)cc2)cc1. The standard InChI is InChI=1S/C17H21N3O/c1-13-3-9-16(10-4-13)20(2)12-15-7-5-14(6-8-15)11-17(21)19-18/h3-10H,11-12,18H2,1-2H3,(H,19,21). The molecule has 0 aliphatic heterocycles. The number of hydrogen-bond acceptors (Lipinski definition) is 3. The summed E-state index contributed by atoms with van der Waals surface area (Å²) in [4.78, 5) is 13.4. The van der Waals surface area contributed by atoms with Crippen molar-refractivity contribution in [2.45, 2.75) is 19.9 Å². The van der Waals surface area contributed by atoms with Crippen LogP contribution in [0.3, 0.4) is 0 Å². The van der Waals surface area contributed by atoms with Crippen LogP contribution in [0.4, 0.5) is 5.69 Å². The van der Waals surface area contributed by atoms with Crippen molar-refractivity contribution in [2.24, 2.45) is 5.84 Å². The number of nitrogens with two attached hydrogens (primary N) is 1. The minimum absolute atomic E-state index is 0.181. The Morgan fingerprint density at radius 3 is 2.19 bits per heavy atom. The molecule has 0 aromatic heterocycles. The average Bonchev–Trinajstić information content (AvgIpc) is 2.49. The van der Waals surface area contributed by atoms with E-state index >= 15 is 0 Å². The largest absolute Gasteiger partial charge is 0.370 e. The molecular weight excluding hydrogens is 262 g/mol. The number of anilines is 1. The number of rotatable bonds is 5. The average molecular weight is 283 g/mol. The summed E-state index contributed by atoms with van der Waals surface area (Å²) in [7, 11) is 2.07. The van der Waals surface area contributed by atoms with E-state index in [1.54, 1.807) is 0 Å². The molecule has 3 N–H and O–H groups in total. The van der Waals surface area contributed by atoms with Crippen LogP contribution >= 0.6 is 0 Å². The van der Waals surface area contributed by atoms with E-state index in [4.69, 9.17) is 5.84 Å². The van der Waals surface area contributed by atoms with Crippen molar-refractivity contribution in [1.82, 2.24) is 5.43 Å². The van der Waals surface area contributed by atoms with Crippen LogP contribution in [0.25, 0.3) is 0 Å². The highest BCUT2D eigenvalue weighted by Crippen LogP contribution is 2.16. The Hall–Kier alpha value is -2.33. The van der Waals surface area contributed by atoms with E-state index in [-0.39, 0.29) is 5.91 Å². The van der Waals surface area contributed by atoms with Crippen LogP contribution in [-0.2, 0) is 17.8 Å². The van der Waals surface area contributed by atoms with Crippen LogP contribution < -0.4 is 16.2 Å². The predicted octanol–water partition coefficient (Wildman–Crippen LogP) is 2.16. The Labute approximate surface area is 125 Å². The van der Waals surface area contributed by atoms with Crippen LogP contribution in [-0.4, -0.2) is 13.0 Å². The van der Waals surface area contributed by atoms with Gasteiger partial charge in [-0.2, -0.15) is 0 Å². The lowest BCUT2D eigenvalue weighted by molar-refractivity contribution is -0.120. The molecule has 1 amide bonds. The number of benzene rings is 2. The van der Waals surface area contributed by atoms with Crippen LogP contribution in [0.5, 0.6) is 0 Å². The Balaban J connectivity index is 1.99. The predicted molar refractivity (Wildman–Crippen MR) is 85.8 cm³/mol. The lowest BCUT2D eigenvalue weighted by Gasteiger charge is -2.19. The summed E-state index contributed by atoms with van der Waals surface area (Å²) in [5, 5.41) is 0. The van der Waals surface area contributed by atoms with E-state index in [9.17, 15) is 4.79 Å². The summed E-state index contributed by atoms with van der Waals surface area (Å²) >= 11 is 0. The molecule has 2 aromatic rings. The van der Waals surface area contributed by atoms with Crippen LogP contribution in [0.15, 0.2) is 48.5 Å². The molecule has 110 valence electrons. The molecule has 0 spiro atoms. The lowest BCUT2D eigenvalue weighted by atomic mass is 10.1. The fourth-order valence-electron chi connectivity index (χ4n) is 2.16. The molecule has 2 rings (SSSR count). The Morgan fingerprint density at radius 2 is 1.62 bits per heavy atom. The van der Waals surface area contributed by atoms with Gasteiger partial charge in [0, 0.05) is 19.3 Å². The molecule has 0 aliphatic carbocycles. The molecule has 4 nitrogen and oxygen atoms in total. The first-order valence-electron chi connectivity index (χ1n) is 6.93. The zero-order valence-electron chi connectivity index (χ0n) is 12.5.